The fourth-order valence-electron chi connectivity index (χ4n) is 3.71. The molecule has 4 rings (SSSR count). The molecule has 0 aromatic heterocycles. The van der Waals surface area contributed by atoms with Crippen LogP contribution in [0.1, 0.15) is 11.1 Å². The Hall–Kier alpha value is -3.33. The van der Waals surface area contributed by atoms with Crippen molar-refractivity contribution in [1.82, 2.24) is 10.2 Å². The molecule has 2 aromatic rings. The van der Waals surface area contributed by atoms with Crippen LogP contribution in [-0.4, -0.2) is 47.7 Å². The van der Waals surface area contributed by atoms with E-state index in [0.717, 1.165) is 10.5 Å². The highest BCUT2D eigenvalue weighted by Gasteiger charge is 2.48. The van der Waals surface area contributed by atoms with E-state index in [0.29, 0.717) is 11.3 Å². The van der Waals surface area contributed by atoms with Gasteiger partial charge in [0.1, 0.15) is 23.4 Å². The molecule has 166 valence electrons. The van der Waals surface area contributed by atoms with Crippen molar-refractivity contribution in [1.29, 1.82) is 0 Å². The second-order valence-corrected chi connectivity index (χ2v) is 8.57. The van der Waals surface area contributed by atoms with Gasteiger partial charge < -0.3 is 15.0 Å². The lowest BCUT2D eigenvalue weighted by atomic mass is 10.1. The third kappa shape index (κ3) is 4.20. The number of hydrogen-bond acceptors (Lipinski definition) is 5. The molecule has 0 saturated carbocycles. The highest BCUT2D eigenvalue weighted by Crippen LogP contribution is 2.36. The van der Waals surface area contributed by atoms with Crippen molar-refractivity contribution >= 4 is 35.3 Å². The molecular weight excluding hydrogens is 433 g/mol. The summed E-state index contributed by atoms with van der Waals surface area (Å²) in [6, 6.07) is 10.3. The predicted molar refractivity (Wildman–Crippen MR) is 120 cm³/mol. The van der Waals surface area contributed by atoms with Gasteiger partial charge >= 0.3 is 6.03 Å². The van der Waals surface area contributed by atoms with E-state index in [1.165, 1.54) is 34.9 Å². The van der Waals surface area contributed by atoms with Crippen LogP contribution in [0.25, 0.3) is 0 Å². The van der Waals surface area contributed by atoms with E-state index >= 15 is 0 Å². The maximum Gasteiger partial charge on any atom is 0.332 e. The molecule has 0 aliphatic carbocycles. The quantitative estimate of drug-likeness (QED) is 0.724. The first-order valence-corrected chi connectivity index (χ1v) is 11.0. The molecule has 2 aliphatic heterocycles. The van der Waals surface area contributed by atoms with E-state index in [1.54, 1.807) is 25.5 Å². The number of fused-ring (bicyclic) bond motifs is 1. The van der Waals surface area contributed by atoms with Crippen LogP contribution in [0, 0.1) is 12.7 Å². The van der Waals surface area contributed by atoms with Crippen LogP contribution >= 0.6 is 11.8 Å². The summed E-state index contributed by atoms with van der Waals surface area (Å²) >= 11 is 1.30. The van der Waals surface area contributed by atoms with Crippen molar-refractivity contribution in [3.8, 4) is 5.75 Å². The Morgan fingerprint density at radius 2 is 2.03 bits per heavy atom. The van der Waals surface area contributed by atoms with Gasteiger partial charge in [0.15, 0.2) is 0 Å². The lowest BCUT2D eigenvalue weighted by Crippen LogP contribution is -2.63. The average Bonchev–Trinajstić information content (AvgIpc) is 3.28. The first-order valence-electron chi connectivity index (χ1n) is 10.0. The molecule has 0 radical (unpaired) electrons. The van der Waals surface area contributed by atoms with Crippen LogP contribution in [-0.2, 0) is 16.1 Å². The van der Waals surface area contributed by atoms with Crippen molar-refractivity contribution in [2.24, 2.45) is 0 Å². The van der Waals surface area contributed by atoms with Crippen LogP contribution in [0.15, 0.2) is 53.9 Å². The third-order valence-corrected chi connectivity index (χ3v) is 6.50. The summed E-state index contributed by atoms with van der Waals surface area (Å²) in [7, 11) is 1.57. The lowest BCUT2D eigenvalue weighted by molar-refractivity contribution is -0.124. The number of amides is 4. The lowest BCUT2D eigenvalue weighted by Gasteiger charge is -2.40. The van der Waals surface area contributed by atoms with Crippen LogP contribution in [0.3, 0.4) is 0 Å². The Morgan fingerprint density at radius 3 is 2.78 bits per heavy atom. The topological polar surface area (TPSA) is 79.0 Å². The molecule has 1 saturated heterocycles. The highest BCUT2D eigenvalue weighted by molar-refractivity contribution is 8.03. The van der Waals surface area contributed by atoms with Gasteiger partial charge in [-0.05, 0) is 53.8 Å². The smallest absolute Gasteiger partial charge is 0.332 e. The number of hydrogen-bond donors (Lipinski definition) is 1. The van der Waals surface area contributed by atoms with E-state index in [9.17, 15) is 18.8 Å². The fourth-order valence-corrected chi connectivity index (χ4v) is 4.75. The van der Waals surface area contributed by atoms with Gasteiger partial charge in [-0.15, -0.1) is 11.8 Å². The van der Waals surface area contributed by atoms with Crippen LogP contribution in [0.4, 0.5) is 14.9 Å². The number of methoxy groups -OCH3 is 1. The molecule has 2 heterocycles. The van der Waals surface area contributed by atoms with Crippen LogP contribution in [0.2, 0.25) is 0 Å². The Kier molecular flexibility index (Phi) is 6.18. The van der Waals surface area contributed by atoms with Gasteiger partial charge in [0.2, 0.25) is 5.91 Å². The number of nitrogens with zero attached hydrogens (tertiary/aromatic N) is 2. The molecule has 4 amide bonds. The van der Waals surface area contributed by atoms with E-state index in [-0.39, 0.29) is 30.6 Å². The monoisotopic (exact) mass is 455 g/mol. The molecule has 1 N–H and O–H groups in total. The molecular formula is C23H22FN3O4S. The molecule has 9 heteroatoms. The summed E-state index contributed by atoms with van der Waals surface area (Å²) in [6.07, 6.45) is 1.76. The summed E-state index contributed by atoms with van der Waals surface area (Å²) in [5, 5.41) is 4.02. The fraction of sp³-hybridized carbons (Fsp3) is 0.261. The maximum atomic E-state index is 13.7. The molecule has 1 fully saturated rings. The van der Waals surface area contributed by atoms with Gasteiger partial charge in [0.05, 0.1) is 18.8 Å². The van der Waals surface area contributed by atoms with Gasteiger partial charge in [-0.2, -0.15) is 0 Å². The largest absolute Gasteiger partial charge is 0.497 e. The van der Waals surface area contributed by atoms with Gasteiger partial charge in [0.25, 0.3) is 5.91 Å². The summed E-state index contributed by atoms with van der Waals surface area (Å²) < 4.78 is 18.9. The summed E-state index contributed by atoms with van der Waals surface area (Å²) in [5.41, 5.74) is 1.46. The van der Waals surface area contributed by atoms with Crippen molar-refractivity contribution in [2.75, 3.05) is 18.6 Å². The van der Waals surface area contributed by atoms with Gasteiger partial charge in [-0.25, -0.2) is 14.1 Å². The number of thioether (sulfide) groups is 1. The number of rotatable bonds is 6. The molecule has 2 atom stereocenters. The number of aryl methyl sites for hydroxylation is 1. The van der Waals surface area contributed by atoms with Crippen molar-refractivity contribution in [3.63, 3.8) is 0 Å². The molecule has 32 heavy (non-hydrogen) atoms. The summed E-state index contributed by atoms with van der Waals surface area (Å²) in [5.74, 6) is -0.472. The average molecular weight is 456 g/mol. The Morgan fingerprint density at radius 1 is 1.22 bits per heavy atom. The molecule has 2 aromatic carbocycles. The number of anilines is 1. The number of urea groups is 1. The number of carbonyl (C=O) groups excluding carboxylic acids is 3. The standard InChI is InChI=1S/C23H22FN3O4S/c1-14-10-16(6-7-18(14)24)27-22(29)21-19(8-9-32-21)26(23(27)30)13-20(28)25-12-15-4-3-5-17(11-15)31-2/h3-11,19,21H,12-13H2,1-2H3,(H,25,28). The molecule has 2 unspecified atom stereocenters. The Labute approximate surface area is 189 Å². The number of nitrogens with one attached hydrogen (secondary N) is 1. The van der Waals surface area contributed by atoms with E-state index < -0.39 is 23.1 Å². The van der Waals surface area contributed by atoms with Gasteiger partial charge in [0, 0.05) is 6.54 Å². The minimum Gasteiger partial charge on any atom is -0.497 e. The summed E-state index contributed by atoms with van der Waals surface area (Å²) in [4.78, 5) is 41.4. The van der Waals surface area contributed by atoms with Crippen molar-refractivity contribution < 1.29 is 23.5 Å². The van der Waals surface area contributed by atoms with Crippen molar-refractivity contribution in [2.45, 2.75) is 24.8 Å². The van der Waals surface area contributed by atoms with Gasteiger partial charge in [-0.1, -0.05) is 18.2 Å². The van der Waals surface area contributed by atoms with E-state index in [2.05, 4.69) is 5.32 Å². The predicted octanol–water partition coefficient (Wildman–Crippen LogP) is 3.23. The summed E-state index contributed by atoms with van der Waals surface area (Å²) in [6.45, 7) is 1.63. The first-order chi connectivity index (χ1) is 15.4. The van der Waals surface area contributed by atoms with Gasteiger partial charge in [-0.3, -0.25) is 9.59 Å². The zero-order valence-corrected chi connectivity index (χ0v) is 18.4. The maximum absolute atomic E-state index is 13.7. The zero-order valence-electron chi connectivity index (χ0n) is 17.6. The molecule has 2 aliphatic rings. The van der Waals surface area contributed by atoms with Crippen LogP contribution in [0.5, 0.6) is 5.75 Å². The zero-order chi connectivity index (χ0) is 22.8. The Bertz CT molecular complexity index is 1110. The number of imide groups is 1. The molecule has 0 bridgehead atoms. The second-order valence-electron chi connectivity index (χ2n) is 7.52. The molecule has 0 spiro atoms. The van der Waals surface area contributed by atoms with E-state index in [4.69, 9.17) is 4.74 Å². The first kappa shape index (κ1) is 21.9. The minimum absolute atomic E-state index is 0.209. The third-order valence-electron chi connectivity index (χ3n) is 5.41. The van der Waals surface area contributed by atoms with E-state index in [1.807, 2.05) is 24.3 Å². The number of carbonyl (C=O) groups is 3. The SMILES string of the molecule is COc1cccc(CNC(=O)CN2C(=O)N(c3ccc(F)c(C)c3)C(=O)C3SC=CC32)c1. The molecule has 7 nitrogen and oxygen atoms in total. The number of benzene rings is 2. The van der Waals surface area contributed by atoms with Crippen molar-refractivity contribution in [3.05, 3.63) is 70.9 Å². The number of ether oxygens (including phenoxy) is 1. The second kappa shape index (κ2) is 9.04. The number of halogens is 1. The highest BCUT2D eigenvalue weighted by atomic mass is 32.2. The Balaban J connectivity index is 1.51. The normalized spacial score (nSPS) is 19.8. The minimum atomic E-state index is -0.606. The van der Waals surface area contributed by atoms with Crippen LogP contribution < -0.4 is 15.0 Å².